The molecular formula is C13H24F3N3O2. The first-order valence-corrected chi connectivity index (χ1v) is 7.18. The van der Waals surface area contributed by atoms with Crippen LogP contribution in [0.25, 0.3) is 0 Å². The Kier molecular flexibility index (Phi) is 7.41. The van der Waals surface area contributed by atoms with Gasteiger partial charge in [0.25, 0.3) is 0 Å². The third-order valence-electron chi connectivity index (χ3n) is 3.61. The molecule has 0 saturated carbocycles. The Labute approximate surface area is 123 Å². The van der Waals surface area contributed by atoms with Gasteiger partial charge in [0.1, 0.15) is 0 Å². The molecular weight excluding hydrogens is 287 g/mol. The third-order valence-corrected chi connectivity index (χ3v) is 3.61. The van der Waals surface area contributed by atoms with Crippen molar-refractivity contribution in [2.75, 3.05) is 33.8 Å². The molecule has 0 bridgehead atoms. The monoisotopic (exact) mass is 311 g/mol. The first-order chi connectivity index (χ1) is 9.81. The van der Waals surface area contributed by atoms with Crippen LogP contribution in [0.4, 0.5) is 13.2 Å². The molecule has 124 valence electrons. The van der Waals surface area contributed by atoms with Crippen molar-refractivity contribution in [2.24, 2.45) is 0 Å². The number of alkyl halides is 3. The van der Waals surface area contributed by atoms with Crippen molar-refractivity contribution in [1.82, 2.24) is 15.5 Å². The number of carbonyl (C=O) groups excluding carboxylic acids is 1. The van der Waals surface area contributed by atoms with Crippen LogP contribution in [0.2, 0.25) is 0 Å². The summed E-state index contributed by atoms with van der Waals surface area (Å²) in [6.07, 6.45) is -1.54. The van der Waals surface area contributed by atoms with Crippen molar-refractivity contribution in [3.05, 3.63) is 0 Å². The molecule has 1 fully saturated rings. The van der Waals surface area contributed by atoms with E-state index in [0.717, 1.165) is 25.8 Å². The second-order valence-corrected chi connectivity index (χ2v) is 5.35. The van der Waals surface area contributed by atoms with Crippen LogP contribution < -0.4 is 10.6 Å². The van der Waals surface area contributed by atoms with E-state index in [9.17, 15) is 18.0 Å². The maximum Gasteiger partial charge on any atom is 0.522 e. The zero-order valence-electron chi connectivity index (χ0n) is 12.5. The van der Waals surface area contributed by atoms with Crippen molar-refractivity contribution in [3.63, 3.8) is 0 Å². The fraction of sp³-hybridized carbons (Fsp3) is 0.923. The van der Waals surface area contributed by atoms with Gasteiger partial charge in [-0.2, -0.15) is 0 Å². The van der Waals surface area contributed by atoms with Gasteiger partial charge in [0.2, 0.25) is 5.91 Å². The van der Waals surface area contributed by atoms with Crippen molar-refractivity contribution in [3.8, 4) is 0 Å². The minimum atomic E-state index is -4.54. The standard InChI is InChI=1S/C13H24F3N3O2/c1-17-12(20)11-5-4-10(18-11)6-8-19(2)7-3-9-21-13(14,15)16/h10-11,18H,3-9H2,1-2H3,(H,17,20). The Bertz CT molecular complexity index is 326. The van der Waals surface area contributed by atoms with Gasteiger partial charge >= 0.3 is 6.36 Å². The summed E-state index contributed by atoms with van der Waals surface area (Å²) >= 11 is 0. The molecule has 2 unspecified atom stereocenters. The number of hydrogen-bond donors (Lipinski definition) is 2. The van der Waals surface area contributed by atoms with Crippen LogP contribution in [0.1, 0.15) is 25.7 Å². The van der Waals surface area contributed by atoms with Crippen LogP contribution in [0.15, 0.2) is 0 Å². The summed E-state index contributed by atoms with van der Waals surface area (Å²) < 4.78 is 39.1. The molecule has 8 heteroatoms. The number of likely N-dealkylation sites (N-methyl/N-ethyl adjacent to an activating group) is 1. The quantitative estimate of drug-likeness (QED) is 0.659. The molecule has 1 heterocycles. The van der Waals surface area contributed by atoms with Crippen molar-refractivity contribution >= 4 is 5.91 Å². The summed E-state index contributed by atoms with van der Waals surface area (Å²) in [5.41, 5.74) is 0. The predicted molar refractivity (Wildman–Crippen MR) is 72.8 cm³/mol. The predicted octanol–water partition coefficient (Wildman–Crippen LogP) is 1.10. The summed E-state index contributed by atoms with van der Waals surface area (Å²) in [5, 5.41) is 5.89. The van der Waals surface area contributed by atoms with Crippen molar-refractivity contribution < 1.29 is 22.7 Å². The highest BCUT2D eigenvalue weighted by molar-refractivity contribution is 5.81. The molecule has 0 aromatic heterocycles. The van der Waals surface area contributed by atoms with E-state index < -0.39 is 6.36 Å². The topological polar surface area (TPSA) is 53.6 Å². The minimum absolute atomic E-state index is 0.00940. The first-order valence-electron chi connectivity index (χ1n) is 7.18. The van der Waals surface area contributed by atoms with E-state index in [0.29, 0.717) is 19.0 Å². The highest BCUT2D eigenvalue weighted by Gasteiger charge is 2.29. The average molecular weight is 311 g/mol. The molecule has 0 aliphatic carbocycles. The second-order valence-electron chi connectivity index (χ2n) is 5.35. The fourth-order valence-corrected chi connectivity index (χ4v) is 2.44. The SMILES string of the molecule is CNC(=O)C1CCC(CCN(C)CCCOC(F)(F)F)N1. The fourth-order valence-electron chi connectivity index (χ4n) is 2.44. The largest absolute Gasteiger partial charge is 0.522 e. The Morgan fingerprint density at radius 3 is 2.71 bits per heavy atom. The number of amides is 1. The molecule has 0 aromatic rings. The Morgan fingerprint density at radius 1 is 1.38 bits per heavy atom. The number of nitrogens with one attached hydrogen (secondary N) is 2. The van der Waals surface area contributed by atoms with Crippen LogP contribution in [-0.2, 0) is 9.53 Å². The summed E-state index contributed by atoms with van der Waals surface area (Å²) in [6.45, 7) is 1.03. The van der Waals surface area contributed by atoms with Crippen LogP contribution in [0.3, 0.4) is 0 Å². The molecule has 0 aromatic carbocycles. The van der Waals surface area contributed by atoms with Gasteiger partial charge in [0.05, 0.1) is 12.6 Å². The molecule has 0 radical (unpaired) electrons. The van der Waals surface area contributed by atoms with E-state index in [4.69, 9.17) is 0 Å². The minimum Gasteiger partial charge on any atom is -0.358 e. The normalized spacial score (nSPS) is 22.8. The number of carbonyl (C=O) groups is 1. The highest BCUT2D eigenvalue weighted by Crippen LogP contribution is 2.17. The van der Waals surface area contributed by atoms with E-state index in [2.05, 4.69) is 15.4 Å². The molecule has 21 heavy (non-hydrogen) atoms. The number of hydrogen-bond acceptors (Lipinski definition) is 4. The maximum absolute atomic E-state index is 11.8. The van der Waals surface area contributed by atoms with Gasteiger partial charge in [0, 0.05) is 19.6 Å². The lowest BCUT2D eigenvalue weighted by molar-refractivity contribution is -0.324. The zero-order valence-corrected chi connectivity index (χ0v) is 12.5. The van der Waals surface area contributed by atoms with Gasteiger partial charge in [-0.15, -0.1) is 13.2 Å². The van der Waals surface area contributed by atoms with Crippen LogP contribution in [0, 0.1) is 0 Å². The third kappa shape index (κ3) is 7.63. The molecule has 0 spiro atoms. The Hall–Kier alpha value is -0.860. The van der Waals surface area contributed by atoms with Crippen molar-refractivity contribution in [2.45, 2.75) is 44.1 Å². The van der Waals surface area contributed by atoms with Crippen LogP contribution in [0.5, 0.6) is 0 Å². The summed E-state index contributed by atoms with van der Waals surface area (Å²) in [7, 11) is 3.49. The lowest BCUT2D eigenvalue weighted by Gasteiger charge is -2.20. The molecule has 1 aliphatic rings. The van der Waals surface area contributed by atoms with E-state index in [-0.39, 0.29) is 18.6 Å². The van der Waals surface area contributed by atoms with E-state index in [1.165, 1.54) is 0 Å². The Morgan fingerprint density at radius 2 is 2.10 bits per heavy atom. The van der Waals surface area contributed by atoms with Crippen LogP contribution >= 0.6 is 0 Å². The number of ether oxygens (including phenoxy) is 1. The summed E-state index contributed by atoms with van der Waals surface area (Å²) in [5.74, 6) is 0.00940. The van der Waals surface area contributed by atoms with Gasteiger partial charge in [-0.3, -0.25) is 9.53 Å². The first kappa shape index (κ1) is 18.2. The molecule has 1 saturated heterocycles. The maximum atomic E-state index is 11.8. The summed E-state index contributed by atoms with van der Waals surface area (Å²) in [6, 6.07) is 0.173. The van der Waals surface area contributed by atoms with E-state index in [1.54, 1.807) is 7.05 Å². The second kappa shape index (κ2) is 8.55. The van der Waals surface area contributed by atoms with Gasteiger partial charge in [-0.1, -0.05) is 0 Å². The molecule has 5 nitrogen and oxygen atoms in total. The van der Waals surface area contributed by atoms with Gasteiger partial charge in [-0.05, 0) is 39.3 Å². The number of rotatable bonds is 8. The number of nitrogens with zero attached hydrogens (tertiary/aromatic N) is 1. The van der Waals surface area contributed by atoms with Gasteiger partial charge in [0.15, 0.2) is 0 Å². The lowest BCUT2D eigenvalue weighted by atomic mass is 10.1. The highest BCUT2D eigenvalue weighted by atomic mass is 19.4. The van der Waals surface area contributed by atoms with Gasteiger partial charge in [-0.25, -0.2) is 0 Å². The van der Waals surface area contributed by atoms with Gasteiger partial charge < -0.3 is 15.5 Å². The smallest absolute Gasteiger partial charge is 0.358 e. The Balaban J connectivity index is 2.08. The average Bonchev–Trinajstić information content (AvgIpc) is 2.88. The summed E-state index contributed by atoms with van der Waals surface area (Å²) in [4.78, 5) is 13.4. The molecule has 2 atom stereocenters. The van der Waals surface area contributed by atoms with E-state index >= 15 is 0 Å². The molecule has 1 amide bonds. The molecule has 1 rings (SSSR count). The molecule has 1 aliphatic heterocycles. The molecule has 2 N–H and O–H groups in total. The number of halogens is 3. The van der Waals surface area contributed by atoms with Crippen LogP contribution in [-0.4, -0.2) is 63.0 Å². The lowest BCUT2D eigenvalue weighted by Crippen LogP contribution is -2.42. The van der Waals surface area contributed by atoms with Crippen molar-refractivity contribution in [1.29, 1.82) is 0 Å². The van der Waals surface area contributed by atoms with E-state index in [1.807, 2.05) is 11.9 Å². The zero-order chi connectivity index (χ0) is 15.9.